The van der Waals surface area contributed by atoms with Crippen LogP contribution in [-0.4, -0.2) is 35.0 Å². The average Bonchev–Trinajstić information content (AvgIpc) is 3.06. The summed E-state index contributed by atoms with van der Waals surface area (Å²) in [6, 6.07) is 4.23. The third-order valence-electron chi connectivity index (χ3n) is 3.67. The molecule has 1 amide bonds. The van der Waals surface area contributed by atoms with E-state index in [2.05, 4.69) is 35.1 Å². The summed E-state index contributed by atoms with van der Waals surface area (Å²) in [5, 5.41) is 3.37. The molecule has 1 aromatic rings. The summed E-state index contributed by atoms with van der Waals surface area (Å²) >= 11 is 0. The van der Waals surface area contributed by atoms with Gasteiger partial charge in [-0.3, -0.25) is 4.79 Å². The number of hydrogen-bond donors (Lipinski definition) is 1. The molecule has 0 atom stereocenters. The van der Waals surface area contributed by atoms with Crippen LogP contribution >= 0.6 is 0 Å². The van der Waals surface area contributed by atoms with E-state index in [1.807, 2.05) is 4.90 Å². The molecule has 1 N–H and O–H groups in total. The summed E-state index contributed by atoms with van der Waals surface area (Å²) in [5.74, 6) is 0.300. The van der Waals surface area contributed by atoms with Crippen LogP contribution in [0.4, 0.5) is 0 Å². The first kappa shape index (κ1) is 14.1. The van der Waals surface area contributed by atoms with Gasteiger partial charge in [0.25, 0.3) is 0 Å². The lowest BCUT2D eigenvalue weighted by Crippen LogP contribution is -2.30. The molecule has 0 radical (unpaired) electrons. The topological polar surface area (TPSA) is 37.3 Å². The number of aryl methyl sites for hydroxylation is 1. The van der Waals surface area contributed by atoms with E-state index >= 15 is 0 Å². The van der Waals surface area contributed by atoms with Crippen molar-refractivity contribution in [2.45, 2.75) is 45.7 Å². The van der Waals surface area contributed by atoms with Gasteiger partial charge < -0.3 is 14.8 Å². The Balaban J connectivity index is 1.65. The number of nitrogens with zero attached hydrogens (tertiary/aromatic N) is 2. The Morgan fingerprint density at radius 2 is 2.16 bits per heavy atom. The molecule has 0 saturated carbocycles. The number of aromatic nitrogens is 1. The summed E-state index contributed by atoms with van der Waals surface area (Å²) in [5.41, 5.74) is 1.30. The first-order chi connectivity index (χ1) is 9.31. The van der Waals surface area contributed by atoms with Gasteiger partial charge in [-0.05, 0) is 31.4 Å². The van der Waals surface area contributed by atoms with E-state index in [1.165, 1.54) is 18.5 Å². The Morgan fingerprint density at radius 1 is 1.37 bits per heavy atom. The zero-order chi connectivity index (χ0) is 13.5. The average molecular weight is 263 g/mol. The fraction of sp³-hybridized carbons (Fsp3) is 0.667. The van der Waals surface area contributed by atoms with Crippen LogP contribution < -0.4 is 5.32 Å². The van der Waals surface area contributed by atoms with Gasteiger partial charge in [-0.15, -0.1) is 0 Å². The molecule has 1 aliphatic heterocycles. The molecule has 0 spiro atoms. The Labute approximate surface area is 115 Å². The number of likely N-dealkylation sites (tertiary alicyclic amines) is 1. The molecule has 1 saturated heterocycles. The molecule has 0 aromatic carbocycles. The molecule has 1 aliphatic rings. The van der Waals surface area contributed by atoms with Crippen molar-refractivity contribution in [2.24, 2.45) is 0 Å². The normalized spacial score (nSPS) is 15.1. The van der Waals surface area contributed by atoms with Gasteiger partial charge >= 0.3 is 0 Å². The zero-order valence-corrected chi connectivity index (χ0v) is 11.9. The van der Waals surface area contributed by atoms with Gasteiger partial charge in [-0.25, -0.2) is 0 Å². The van der Waals surface area contributed by atoms with Gasteiger partial charge in [0.15, 0.2) is 0 Å². The van der Waals surface area contributed by atoms with Crippen molar-refractivity contribution in [1.82, 2.24) is 14.8 Å². The molecule has 0 bridgehead atoms. The number of nitrogens with one attached hydrogen (secondary N) is 1. The molecule has 2 heterocycles. The van der Waals surface area contributed by atoms with Gasteiger partial charge in [0.1, 0.15) is 0 Å². The van der Waals surface area contributed by atoms with Crippen LogP contribution in [0.3, 0.4) is 0 Å². The minimum absolute atomic E-state index is 0.300. The third-order valence-corrected chi connectivity index (χ3v) is 3.67. The largest absolute Gasteiger partial charge is 0.350 e. The van der Waals surface area contributed by atoms with E-state index in [0.29, 0.717) is 12.3 Å². The first-order valence-corrected chi connectivity index (χ1v) is 7.43. The Morgan fingerprint density at radius 3 is 2.89 bits per heavy atom. The van der Waals surface area contributed by atoms with Crippen molar-refractivity contribution in [1.29, 1.82) is 0 Å². The lowest BCUT2D eigenvalue weighted by molar-refractivity contribution is -0.130. The van der Waals surface area contributed by atoms with E-state index in [1.54, 1.807) is 0 Å². The summed E-state index contributed by atoms with van der Waals surface area (Å²) in [4.78, 5) is 13.8. The minimum atomic E-state index is 0.300. The second kappa shape index (κ2) is 7.34. The smallest absolute Gasteiger partial charge is 0.223 e. The van der Waals surface area contributed by atoms with E-state index in [4.69, 9.17) is 0 Å². The Kier molecular flexibility index (Phi) is 5.45. The molecular weight excluding hydrogens is 238 g/mol. The maximum atomic E-state index is 11.9. The molecule has 4 heteroatoms. The SMILES string of the molecule is CCCn1cccc1CNCCC(=O)N1CCCC1. The fourth-order valence-electron chi connectivity index (χ4n) is 2.61. The molecule has 0 unspecified atom stereocenters. The van der Waals surface area contributed by atoms with E-state index in [0.717, 1.165) is 39.1 Å². The van der Waals surface area contributed by atoms with E-state index < -0.39 is 0 Å². The highest BCUT2D eigenvalue weighted by Crippen LogP contribution is 2.08. The lowest BCUT2D eigenvalue weighted by Gasteiger charge is -2.15. The number of amides is 1. The predicted octanol–water partition coefficient (Wildman–Crippen LogP) is 2.00. The van der Waals surface area contributed by atoms with Gasteiger partial charge in [-0.2, -0.15) is 0 Å². The number of carbonyl (C=O) groups excluding carboxylic acids is 1. The Bertz CT molecular complexity index is 394. The second-order valence-corrected chi connectivity index (χ2v) is 5.21. The molecule has 19 heavy (non-hydrogen) atoms. The van der Waals surface area contributed by atoms with Gasteiger partial charge in [0, 0.05) is 51.0 Å². The van der Waals surface area contributed by atoms with Crippen LogP contribution in [0, 0.1) is 0 Å². The van der Waals surface area contributed by atoms with Crippen LogP contribution in [0.1, 0.15) is 38.3 Å². The summed E-state index contributed by atoms with van der Waals surface area (Å²) in [6.45, 7) is 6.78. The highest BCUT2D eigenvalue weighted by Gasteiger charge is 2.16. The van der Waals surface area contributed by atoms with E-state index in [-0.39, 0.29) is 0 Å². The number of hydrogen-bond acceptors (Lipinski definition) is 2. The van der Waals surface area contributed by atoms with Crippen LogP contribution in [0.15, 0.2) is 18.3 Å². The maximum absolute atomic E-state index is 11.9. The van der Waals surface area contributed by atoms with Crippen molar-refractivity contribution >= 4 is 5.91 Å². The summed E-state index contributed by atoms with van der Waals surface area (Å²) < 4.78 is 2.27. The highest BCUT2D eigenvalue weighted by molar-refractivity contribution is 5.76. The molecular formula is C15H25N3O. The third kappa shape index (κ3) is 4.10. The second-order valence-electron chi connectivity index (χ2n) is 5.21. The van der Waals surface area contributed by atoms with Crippen LogP contribution in [0.2, 0.25) is 0 Å². The monoisotopic (exact) mass is 263 g/mol. The van der Waals surface area contributed by atoms with Crippen LogP contribution in [0.5, 0.6) is 0 Å². The Hall–Kier alpha value is -1.29. The standard InChI is InChI=1S/C15H25N3O/c1-2-9-17-12-5-6-14(17)13-16-8-7-15(19)18-10-3-4-11-18/h5-6,12,16H,2-4,7-11,13H2,1H3. The molecule has 2 rings (SSSR count). The molecule has 1 fully saturated rings. The van der Waals surface area contributed by atoms with Crippen molar-refractivity contribution in [3.8, 4) is 0 Å². The van der Waals surface area contributed by atoms with Crippen LogP contribution in [0.25, 0.3) is 0 Å². The number of carbonyl (C=O) groups is 1. The quantitative estimate of drug-likeness (QED) is 0.764. The first-order valence-electron chi connectivity index (χ1n) is 7.43. The zero-order valence-electron chi connectivity index (χ0n) is 11.9. The fourth-order valence-corrected chi connectivity index (χ4v) is 2.61. The van der Waals surface area contributed by atoms with Crippen molar-refractivity contribution in [3.05, 3.63) is 24.0 Å². The number of rotatable bonds is 7. The van der Waals surface area contributed by atoms with Gasteiger partial charge in [0.2, 0.25) is 5.91 Å². The van der Waals surface area contributed by atoms with Gasteiger partial charge in [0.05, 0.1) is 0 Å². The minimum Gasteiger partial charge on any atom is -0.350 e. The van der Waals surface area contributed by atoms with Crippen molar-refractivity contribution < 1.29 is 4.79 Å². The molecule has 106 valence electrons. The van der Waals surface area contributed by atoms with E-state index in [9.17, 15) is 4.79 Å². The van der Waals surface area contributed by atoms with Gasteiger partial charge in [-0.1, -0.05) is 6.92 Å². The van der Waals surface area contributed by atoms with Crippen molar-refractivity contribution in [2.75, 3.05) is 19.6 Å². The molecule has 4 nitrogen and oxygen atoms in total. The molecule has 1 aromatic heterocycles. The molecule has 0 aliphatic carbocycles. The predicted molar refractivity (Wildman–Crippen MR) is 76.9 cm³/mol. The van der Waals surface area contributed by atoms with Crippen molar-refractivity contribution in [3.63, 3.8) is 0 Å². The summed E-state index contributed by atoms with van der Waals surface area (Å²) in [6.07, 6.45) is 6.23. The van der Waals surface area contributed by atoms with Crippen LogP contribution in [-0.2, 0) is 17.9 Å². The highest BCUT2D eigenvalue weighted by atomic mass is 16.2. The maximum Gasteiger partial charge on any atom is 0.223 e. The summed E-state index contributed by atoms with van der Waals surface area (Å²) in [7, 11) is 0. The lowest BCUT2D eigenvalue weighted by atomic mass is 10.3.